The molecule has 3 N–H and O–H groups in total. The van der Waals surface area contributed by atoms with E-state index in [0.717, 1.165) is 0 Å². The van der Waals surface area contributed by atoms with Crippen LogP contribution in [-0.4, -0.2) is 30.2 Å². The van der Waals surface area contributed by atoms with Crippen LogP contribution in [0.1, 0.15) is 24.0 Å². The van der Waals surface area contributed by atoms with E-state index in [9.17, 15) is 13.2 Å². The van der Waals surface area contributed by atoms with Crippen LogP contribution in [0.25, 0.3) is 0 Å². The van der Waals surface area contributed by atoms with Crippen LogP contribution in [0.2, 0.25) is 0 Å². The van der Waals surface area contributed by atoms with Gasteiger partial charge in [0.05, 0.1) is 11.5 Å². The van der Waals surface area contributed by atoms with Crippen LogP contribution in [0.3, 0.4) is 0 Å². The van der Waals surface area contributed by atoms with E-state index in [1.165, 1.54) is 0 Å². The highest BCUT2D eigenvalue weighted by Gasteiger charge is 2.15. The second-order valence-corrected chi connectivity index (χ2v) is 6.73. The third kappa shape index (κ3) is 5.35. The fraction of sp³-hybridized carbons (Fsp3) is 0.333. The molecular weight excluding hydrogens is 286 g/mol. The molecule has 7 heteroatoms. The largest absolute Gasteiger partial charge is 0.481 e. The molecule has 0 aliphatic rings. The average Bonchev–Trinajstić information content (AvgIpc) is 2.27. The van der Waals surface area contributed by atoms with Gasteiger partial charge in [-0.2, -0.15) is 0 Å². The van der Waals surface area contributed by atoms with Crippen molar-refractivity contribution < 1.29 is 18.3 Å². The van der Waals surface area contributed by atoms with E-state index in [0.29, 0.717) is 11.1 Å². The molecule has 0 aliphatic heterocycles. The summed E-state index contributed by atoms with van der Waals surface area (Å²) in [5.41, 5.74) is 6.62. The Balaban J connectivity index is 2.78. The first-order valence-electron chi connectivity index (χ1n) is 5.62. The number of carboxylic acid groups (broad SMARTS) is 1. The van der Waals surface area contributed by atoms with Crippen LogP contribution in [0.5, 0.6) is 0 Å². The lowest BCUT2D eigenvalue weighted by atomic mass is 10.1. The average molecular weight is 301 g/mol. The number of rotatable bonds is 7. The summed E-state index contributed by atoms with van der Waals surface area (Å²) in [6, 6.07) is 6.77. The molecule has 0 aliphatic carbocycles. The van der Waals surface area contributed by atoms with Crippen molar-refractivity contribution in [3.05, 3.63) is 35.4 Å². The molecule has 0 saturated carbocycles. The second kappa shape index (κ2) is 6.63. The van der Waals surface area contributed by atoms with Crippen molar-refractivity contribution in [3.63, 3.8) is 0 Å². The molecule has 0 atom stereocenters. The van der Waals surface area contributed by atoms with Crippen molar-refractivity contribution in [2.24, 2.45) is 5.73 Å². The molecule has 0 radical (unpaired) electrons. The fourth-order valence-corrected chi connectivity index (χ4v) is 3.29. The van der Waals surface area contributed by atoms with Crippen LogP contribution in [-0.2, 0) is 20.4 Å². The molecule has 0 saturated heterocycles. The Morgan fingerprint density at radius 3 is 2.53 bits per heavy atom. The number of aliphatic carboxylic acids is 1. The van der Waals surface area contributed by atoms with Gasteiger partial charge in [-0.15, -0.1) is 0 Å². The maximum atomic E-state index is 11.9. The predicted molar refractivity (Wildman–Crippen MR) is 76.7 cm³/mol. The van der Waals surface area contributed by atoms with Crippen LogP contribution < -0.4 is 5.73 Å². The van der Waals surface area contributed by atoms with E-state index >= 15 is 0 Å². The third-order valence-electron chi connectivity index (χ3n) is 2.50. The predicted octanol–water partition coefficient (Wildman–Crippen LogP) is 1.10. The monoisotopic (exact) mass is 301 g/mol. The van der Waals surface area contributed by atoms with Gasteiger partial charge < -0.3 is 10.8 Å². The minimum absolute atomic E-state index is 0.104. The van der Waals surface area contributed by atoms with E-state index in [2.05, 4.69) is 0 Å². The quantitative estimate of drug-likeness (QED) is 0.732. The van der Waals surface area contributed by atoms with Crippen LogP contribution in [0.4, 0.5) is 0 Å². The molecule has 0 heterocycles. The van der Waals surface area contributed by atoms with Crippen molar-refractivity contribution in [2.75, 3.05) is 5.75 Å². The number of carbonyl (C=O) groups is 1. The summed E-state index contributed by atoms with van der Waals surface area (Å²) < 4.78 is 23.8. The Kier molecular flexibility index (Phi) is 5.44. The van der Waals surface area contributed by atoms with Crippen LogP contribution in [0, 0.1) is 0 Å². The zero-order valence-corrected chi connectivity index (χ0v) is 11.8. The summed E-state index contributed by atoms with van der Waals surface area (Å²) in [4.78, 5) is 10.5. The van der Waals surface area contributed by atoms with Gasteiger partial charge in [0.25, 0.3) is 0 Å². The van der Waals surface area contributed by atoms with E-state index < -0.39 is 15.8 Å². The minimum atomic E-state index is -3.36. The molecule has 0 spiro atoms. The lowest BCUT2D eigenvalue weighted by Gasteiger charge is -2.08. The topological polar surface area (TPSA) is 97.5 Å². The number of sulfone groups is 1. The van der Waals surface area contributed by atoms with Gasteiger partial charge in [0.15, 0.2) is 9.84 Å². The normalized spacial score (nSPS) is 11.2. The Labute approximate surface area is 117 Å². The number of benzene rings is 1. The highest BCUT2D eigenvalue weighted by Crippen LogP contribution is 2.14. The number of carboxylic acids is 1. The van der Waals surface area contributed by atoms with Gasteiger partial charge in [0.2, 0.25) is 0 Å². The molecule has 0 amide bonds. The third-order valence-corrected chi connectivity index (χ3v) is 4.39. The molecule has 0 aromatic heterocycles. The molecule has 104 valence electrons. The Bertz CT molecular complexity index is 581. The van der Waals surface area contributed by atoms with Crippen molar-refractivity contribution in [2.45, 2.75) is 18.6 Å². The maximum absolute atomic E-state index is 11.9. The fourth-order valence-electron chi connectivity index (χ4n) is 1.64. The lowest BCUT2D eigenvalue weighted by Crippen LogP contribution is -2.16. The zero-order chi connectivity index (χ0) is 14.5. The summed E-state index contributed by atoms with van der Waals surface area (Å²) in [5, 5.41) is 8.49. The summed E-state index contributed by atoms with van der Waals surface area (Å²) >= 11 is 4.87. The molecule has 19 heavy (non-hydrogen) atoms. The summed E-state index contributed by atoms with van der Waals surface area (Å²) in [5.74, 6) is -1.34. The van der Waals surface area contributed by atoms with Gasteiger partial charge >= 0.3 is 5.97 Å². The highest BCUT2D eigenvalue weighted by atomic mass is 32.2. The SMILES string of the molecule is NC(=S)c1ccccc1CS(=O)(=O)CCCC(=O)O. The first kappa shape index (κ1) is 15.6. The molecule has 0 unspecified atom stereocenters. The highest BCUT2D eigenvalue weighted by molar-refractivity contribution is 7.90. The molecule has 0 fully saturated rings. The second-order valence-electron chi connectivity index (χ2n) is 4.11. The van der Waals surface area contributed by atoms with Gasteiger partial charge in [0, 0.05) is 12.0 Å². The van der Waals surface area contributed by atoms with E-state index in [4.69, 9.17) is 23.1 Å². The molecule has 5 nitrogen and oxygen atoms in total. The standard InChI is InChI=1S/C12H15NO4S2/c13-12(18)10-5-2-1-4-9(10)8-19(16,17)7-3-6-11(14)15/h1-2,4-5H,3,6-8H2,(H2,13,18)(H,14,15). The van der Waals surface area contributed by atoms with Crippen molar-refractivity contribution >= 4 is 33.0 Å². The smallest absolute Gasteiger partial charge is 0.303 e. The van der Waals surface area contributed by atoms with Crippen molar-refractivity contribution in [3.8, 4) is 0 Å². The number of thiocarbonyl (C=S) groups is 1. The van der Waals surface area contributed by atoms with E-state index in [1.54, 1.807) is 24.3 Å². The molecule has 1 rings (SSSR count). The number of hydrogen-bond acceptors (Lipinski definition) is 4. The summed E-state index contributed by atoms with van der Waals surface area (Å²) in [6.07, 6.45) is -0.0525. The Morgan fingerprint density at radius 2 is 1.95 bits per heavy atom. The zero-order valence-electron chi connectivity index (χ0n) is 10.2. The maximum Gasteiger partial charge on any atom is 0.303 e. The Morgan fingerprint density at radius 1 is 1.32 bits per heavy atom. The van der Waals surface area contributed by atoms with E-state index in [1.807, 2.05) is 0 Å². The molecular formula is C12H15NO4S2. The van der Waals surface area contributed by atoms with Crippen LogP contribution >= 0.6 is 12.2 Å². The molecule has 0 bridgehead atoms. The van der Waals surface area contributed by atoms with Gasteiger partial charge in [-0.25, -0.2) is 8.42 Å². The minimum Gasteiger partial charge on any atom is -0.481 e. The number of hydrogen-bond donors (Lipinski definition) is 2. The first-order valence-corrected chi connectivity index (χ1v) is 7.85. The van der Waals surface area contributed by atoms with E-state index in [-0.39, 0.29) is 29.3 Å². The summed E-state index contributed by atoms with van der Waals surface area (Å²) in [7, 11) is -3.36. The van der Waals surface area contributed by atoms with Crippen LogP contribution in [0.15, 0.2) is 24.3 Å². The molecule has 1 aromatic rings. The van der Waals surface area contributed by atoms with Crippen molar-refractivity contribution in [1.29, 1.82) is 0 Å². The lowest BCUT2D eigenvalue weighted by molar-refractivity contribution is -0.137. The summed E-state index contributed by atoms with van der Waals surface area (Å²) in [6.45, 7) is 0. The van der Waals surface area contributed by atoms with Gasteiger partial charge in [-0.1, -0.05) is 36.5 Å². The number of nitrogens with two attached hydrogens (primary N) is 1. The van der Waals surface area contributed by atoms with Gasteiger partial charge in [-0.05, 0) is 12.0 Å². The first-order chi connectivity index (χ1) is 8.82. The van der Waals surface area contributed by atoms with Gasteiger partial charge in [-0.3, -0.25) is 4.79 Å². The van der Waals surface area contributed by atoms with Gasteiger partial charge in [0.1, 0.15) is 4.99 Å². The Hall–Kier alpha value is -1.47. The van der Waals surface area contributed by atoms with Crippen molar-refractivity contribution in [1.82, 2.24) is 0 Å². The molecule has 1 aromatic carbocycles.